The van der Waals surface area contributed by atoms with Crippen LogP contribution in [0.1, 0.15) is 18.4 Å². The molecule has 2 aliphatic rings. The van der Waals surface area contributed by atoms with E-state index in [-0.39, 0.29) is 5.91 Å². The summed E-state index contributed by atoms with van der Waals surface area (Å²) in [6.07, 6.45) is 1.49. The predicted molar refractivity (Wildman–Crippen MR) is 70.3 cm³/mol. The van der Waals surface area contributed by atoms with Crippen molar-refractivity contribution in [3.05, 3.63) is 23.8 Å². The molecule has 1 fully saturated rings. The fraction of sp³-hybridized carbons (Fsp3) is 0.500. The molecule has 2 N–H and O–H groups in total. The second-order valence-electron chi connectivity index (χ2n) is 4.86. The molecule has 1 aromatic rings. The second-order valence-corrected chi connectivity index (χ2v) is 4.86. The van der Waals surface area contributed by atoms with E-state index >= 15 is 0 Å². The Morgan fingerprint density at radius 3 is 3.05 bits per heavy atom. The van der Waals surface area contributed by atoms with Crippen molar-refractivity contribution in [2.24, 2.45) is 0 Å². The van der Waals surface area contributed by atoms with E-state index in [1.54, 1.807) is 0 Å². The van der Waals surface area contributed by atoms with E-state index in [0.29, 0.717) is 32.2 Å². The van der Waals surface area contributed by atoms with Gasteiger partial charge in [0.05, 0.1) is 0 Å². The van der Waals surface area contributed by atoms with Gasteiger partial charge in [0.25, 0.3) is 0 Å². The molecule has 3 rings (SSSR count). The highest BCUT2D eigenvalue weighted by Crippen LogP contribution is 2.33. The van der Waals surface area contributed by atoms with Crippen molar-refractivity contribution < 1.29 is 14.3 Å². The van der Waals surface area contributed by atoms with Crippen molar-refractivity contribution in [2.45, 2.75) is 25.4 Å². The van der Waals surface area contributed by atoms with Crippen molar-refractivity contribution in [3.63, 3.8) is 0 Å². The number of fused-ring (bicyclic) bond motifs is 1. The lowest BCUT2D eigenvalue weighted by atomic mass is 10.1. The minimum absolute atomic E-state index is 0.145. The monoisotopic (exact) mass is 262 g/mol. The lowest BCUT2D eigenvalue weighted by Gasteiger charge is -2.25. The van der Waals surface area contributed by atoms with Gasteiger partial charge >= 0.3 is 0 Å². The SMILES string of the molecule is O=C1CCC(NCc2cccc3c2OCCO3)CN1. The Morgan fingerprint density at radius 1 is 1.32 bits per heavy atom. The molecule has 1 amide bonds. The largest absolute Gasteiger partial charge is 0.486 e. The predicted octanol–water partition coefficient (Wildman–Crippen LogP) is 0.826. The molecule has 0 aromatic heterocycles. The highest BCUT2D eigenvalue weighted by atomic mass is 16.6. The number of carbonyl (C=O) groups excluding carboxylic acids is 1. The van der Waals surface area contributed by atoms with Gasteiger partial charge in [0.15, 0.2) is 11.5 Å². The first-order chi connectivity index (χ1) is 9.33. The van der Waals surface area contributed by atoms with Crippen LogP contribution >= 0.6 is 0 Å². The fourth-order valence-corrected chi connectivity index (χ4v) is 2.43. The van der Waals surface area contributed by atoms with Crippen molar-refractivity contribution in [3.8, 4) is 11.5 Å². The Morgan fingerprint density at radius 2 is 2.21 bits per heavy atom. The third kappa shape index (κ3) is 2.81. The van der Waals surface area contributed by atoms with Crippen LogP contribution in [-0.2, 0) is 11.3 Å². The van der Waals surface area contributed by atoms with Gasteiger partial charge in [0.2, 0.25) is 5.91 Å². The van der Waals surface area contributed by atoms with E-state index in [0.717, 1.165) is 30.0 Å². The normalized spacial score (nSPS) is 21.9. The van der Waals surface area contributed by atoms with Crippen LogP contribution in [0.15, 0.2) is 18.2 Å². The van der Waals surface area contributed by atoms with E-state index in [1.165, 1.54) is 0 Å². The molecule has 2 heterocycles. The van der Waals surface area contributed by atoms with Gasteiger partial charge < -0.3 is 20.1 Å². The van der Waals surface area contributed by atoms with Gasteiger partial charge in [0.1, 0.15) is 13.2 Å². The van der Waals surface area contributed by atoms with Gasteiger partial charge in [-0.05, 0) is 12.5 Å². The highest BCUT2D eigenvalue weighted by molar-refractivity contribution is 5.76. The number of para-hydroxylation sites is 1. The number of piperidine rings is 1. The molecule has 5 heteroatoms. The zero-order valence-corrected chi connectivity index (χ0v) is 10.8. The van der Waals surface area contributed by atoms with Gasteiger partial charge in [-0.3, -0.25) is 4.79 Å². The number of benzene rings is 1. The van der Waals surface area contributed by atoms with Crippen LogP contribution < -0.4 is 20.1 Å². The van der Waals surface area contributed by atoms with Gasteiger partial charge in [-0.2, -0.15) is 0 Å². The Labute approximate surface area is 112 Å². The molecule has 19 heavy (non-hydrogen) atoms. The third-order valence-electron chi connectivity index (χ3n) is 3.49. The van der Waals surface area contributed by atoms with Gasteiger partial charge in [0, 0.05) is 31.1 Å². The van der Waals surface area contributed by atoms with Crippen LogP contribution in [0.4, 0.5) is 0 Å². The van der Waals surface area contributed by atoms with Crippen LogP contribution in [-0.4, -0.2) is 31.7 Å². The van der Waals surface area contributed by atoms with Crippen molar-refractivity contribution in [1.29, 1.82) is 0 Å². The number of nitrogens with one attached hydrogen (secondary N) is 2. The Bertz CT molecular complexity index is 466. The second kappa shape index (κ2) is 5.48. The summed E-state index contributed by atoms with van der Waals surface area (Å²) in [5.41, 5.74) is 1.11. The van der Waals surface area contributed by atoms with E-state index < -0.39 is 0 Å². The van der Waals surface area contributed by atoms with Gasteiger partial charge in [-0.1, -0.05) is 12.1 Å². The number of amides is 1. The number of rotatable bonds is 3. The van der Waals surface area contributed by atoms with Crippen LogP contribution in [0.2, 0.25) is 0 Å². The summed E-state index contributed by atoms with van der Waals surface area (Å²) >= 11 is 0. The molecule has 0 spiro atoms. The van der Waals surface area contributed by atoms with Crippen LogP contribution in [0.5, 0.6) is 11.5 Å². The first-order valence-corrected chi connectivity index (χ1v) is 6.70. The Kier molecular flexibility index (Phi) is 3.55. The van der Waals surface area contributed by atoms with E-state index in [9.17, 15) is 4.79 Å². The number of carbonyl (C=O) groups is 1. The van der Waals surface area contributed by atoms with E-state index in [2.05, 4.69) is 10.6 Å². The standard InChI is InChI=1S/C14H18N2O3/c17-13-5-4-11(9-16-13)15-8-10-2-1-3-12-14(10)19-7-6-18-12/h1-3,11,15H,4-9H2,(H,16,17). The van der Waals surface area contributed by atoms with Crippen LogP contribution in [0, 0.1) is 0 Å². The van der Waals surface area contributed by atoms with Crippen LogP contribution in [0.3, 0.4) is 0 Å². The number of hydrogen-bond acceptors (Lipinski definition) is 4. The minimum Gasteiger partial charge on any atom is -0.486 e. The quantitative estimate of drug-likeness (QED) is 0.847. The van der Waals surface area contributed by atoms with Gasteiger partial charge in [-0.15, -0.1) is 0 Å². The summed E-state index contributed by atoms with van der Waals surface area (Å²) < 4.78 is 11.2. The molecule has 1 saturated heterocycles. The molecule has 0 bridgehead atoms. The van der Waals surface area contributed by atoms with Crippen LogP contribution in [0.25, 0.3) is 0 Å². The summed E-state index contributed by atoms with van der Waals surface area (Å²) in [5, 5.41) is 6.33. The molecule has 0 saturated carbocycles. The molecular weight excluding hydrogens is 244 g/mol. The average Bonchev–Trinajstić information content (AvgIpc) is 2.47. The first-order valence-electron chi connectivity index (χ1n) is 6.70. The maximum atomic E-state index is 11.1. The highest BCUT2D eigenvalue weighted by Gasteiger charge is 2.19. The molecule has 1 unspecified atom stereocenters. The zero-order valence-electron chi connectivity index (χ0n) is 10.8. The van der Waals surface area contributed by atoms with E-state index in [4.69, 9.17) is 9.47 Å². The smallest absolute Gasteiger partial charge is 0.220 e. The van der Waals surface area contributed by atoms with Crippen molar-refractivity contribution >= 4 is 5.91 Å². The molecule has 102 valence electrons. The summed E-state index contributed by atoms with van der Waals surface area (Å²) in [5.74, 6) is 1.82. The molecule has 5 nitrogen and oxygen atoms in total. The lowest BCUT2D eigenvalue weighted by Crippen LogP contribution is -2.45. The molecule has 1 atom stereocenters. The topological polar surface area (TPSA) is 59.6 Å². The molecule has 1 aromatic carbocycles. The van der Waals surface area contributed by atoms with Gasteiger partial charge in [-0.25, -0.2) is 0 Å². The average molecular weight is 262 g/mol. The van der Waals surface area contributed by atoms with Crippen molar-refractivity contribution in [2.75, 3.05) is 19.8 Å². The molecule has 0 radical (unpaired) electrons. The number of hydrogen-bond donors (Lipinski definition) is 2. The van der Waals surface area contributed by atoms with E-state index in [1.807, 2.05) is 18.2 Å². The number of ether oxygens (including phenoxy) is 2. The zero-order chi connectivity index (χ0) is 13.1. The summed E-state index contributed by atoms with van der Waals surface area (Å²) in [6.45, 7) is 2.64. The summed E-state index contributed by atoms with van der Waals surface area (Å²) in [6, 6.07) is 6.28. The lowest BCUT2D eigenvalue weighted by molar-refractivity contribution is -0.122. The Hall–Kier alpha value is -1.75. The first kappa shape index (κ1) is 12.3. The maximum absolute atomic E-state index is 11.1. The summed E-state index contributed by atoms with van der Waals surface area (Å²) in [4.78, 5) is 11.1. The fourth-order valence-electron chi connectivity index (χ4n) is 2.43. The summed E-state index contributed by atoms with van der Waals surface area (Å²) in [7, 11) is 0. The third-order valence-corrected chi connectivity index (χ3v) is 3.49. The molecular formula is C14H18N2O3. The molecule has 2 aliphatic heterocycles. The van der Waals surface area contributed by atoms with Crippen molar-refractivity contribution in [1.82, 2.24) is 10.6 Å². The minimum atomic E-state index is 0.145. The Balaban J connectivity index is 1.62. The maximum Gasteiger partial charge on any atom is 0.220 e. The molecule has 0 aliphatic carbocycles.